The van der Waals surface area contributed by atoms with Crippen LogP contribution in [0.3, 0.4) is 0 Å². The van der Waals surface area contributed by atoms with Gasteiger partial charge in [0.2, 0.25) is 0 Å². The molecule has 78 valence electrons. The quantitative estimate of drug-likeness (QED) is 0.798. The fourth-order valence-corrected chi connectivity index (χ4v) is 0.931. The smallest absolute Gasteiger partial charge is 0.325 e. The summed E-state index contributed by atoms with van der Waals surface area (Å²) in [5, 5.41) is 8.43. The normalized spacial score (nSPS) is 11.6. The summed E-state index contributed by atoms with van der Waals surface area (Å²) in [6, 6.07) is 1.40. The first-order chi connectivity index (χ1) is 6.04. The minimum atomic E-state index is -1.67. The standard InChI is InChI=1S/C8H7F2NO2.ClH/c9-4-2-1-3-5(10)6(4)7(11)8(12)13;/h1-3,7H,11H2,(H,12,13);1H/t7-;/m0./s1. The van der Waals surface area contributed by atoms with Gasteiger partial charge in [0.1, 0.15) is 17.7 Å². The van der Waals surface area contributed by atoms with E-state index in [9.17, 15) is 13.6 Å². The third-order valence-corrected chi connectivity index (χ3v) is 1.58. The molecular formula is C8H8ClF2NO2. The van der Waals surface area contributed by atoms with Crippen LogP contribution < -0.4 is 5.73 Å². The van der Waals surface area contributed by atoms with Crippen molar-refractivity contribution < 1.29 is 18.7 Å². The number of nitrogens with two attached hydrogens (primary N) is 1. The van der Waals surface area contributed by atoms with Crippen LogP contribution in [-0.2, 0) is 4.79 Å². The van der Waals surface area contributed by atoms with E-state index in [2.05, 4.69) is 0 Å². The summed E-state index contributed by atoms with van der Waals surface area (Å²) in [4.78, 5) is 10.3. The van der Waals surface area contributed by atoms with Crippen molar-refractivity contribution in [2.45, 2.75) is 6.04 Å². The second-order valence-electron chi connectivity index (χ2n) is 2.45. The van der Waals surface area contributed by atoms with E-state index in [-0.39, 0.29) is 12.4 Å². The van der Waals surface area contributed by atoms with E-state index in [0.717, 1.165) is 18.2 Å². The van der Waals surface area contributed by atoms with Crippen LogP contribution in [0.1, 0.15) is 11.6 Å². The summed E-state index contributed by atoms with van der Waals surface area (Å²) in [6.45, 7) is 0. The molecule has 0 aliphatic rings. The molecule has 0 saturated carbocycles. The highest BCUT2D eigenvalue weighted by atomic mass is 35.5. The Bertz CT molecular complexity index is 326. The van der Waals surface area contributed by atoms with Crippen LogP contribution >= 0.6 is 12.4 Å². The van der Waals surface area contributed by atoms with Crippen molar-refractivity contribution in [3.05, 3.63) is 35.4 Å². The number of rotatable bonds is 2. The van der Waals surface area contributed by atoms with Gasteiger partial charge < -0.3 is 10.8 Å². The molecule has 0 unspecified atom stereocenters. The Hall–Kier alpha value is -1.20. The van der Waals surface area contributed by atoms with E-state index < -0.39 is 29.2 Å². The number of carboxylic acid groups (broad SMARTS) is 1. The minimum absolute atomic E-state index is 0. The summed E-state index contributed by atoms with van der Waals surface area (Å²) in [5.41, 5.74) is 4.44. The van der Waals surface area contributed by atoms with E-state index >= 15 is 0 Å². The zero-order valence-corrected chi connectivity index (χ0v) is 7.72. The van der Waals surface area contributed by atoms with E-state index in [0.29, 0.717) is 0 Å². The first-order valence-electron chi connectivity index (χ1n) is 3.46. The van der Waals surface area contributed by atoms with Gasteiger partial charge in [-0.05, 0) is 12.1 Å². The van der Waals surface area contributed by atoms with Gasteiger partial charge in [0, 0.05) is 0 Å². The van der Waals surface area contributed by atoms with Gasteiger partial charge in [-0.15, -0.1) is 12.4 Å². The summed E-state index contributed by atoms with van der Waals surface area (Å²) >= 11 is 0. The van der Waals surface area contributed by atoms with Gasteiger partial charge in [-0.2, -0.15) is 0 Å². The molecule has 0 saturated heterocycles. The van der Waals surface area contributed by atoms with Crippen LogP contribution in [-0.4, -0.2) is 11.1 Å². The average Bonchev–Trinajstić information content (AvgIpc) is 2.03. The van der Waals surface area contributed by atoms with Gasteiger partial charge in [0.25, 0.3) is 0 Å². The maximum atomic E-state index is 12.9. The molecule has 0 aromatic heterocycles. The van der Waals surface area contributed by atoms with E-state index in [4.69, 9.17) is 10.8 Å². The molecule has 1 aromatic carbocycles. The van der Waals surface area contributed by atoms with E-state index in [1.165, 1.54) is 0 Å². The number of carbonyl (C=O) groups is 1. The van der Waals surface area contributed by atoms with Crippen LogP contribution in [0.4, 0.5) is 8.78 Å². The second kappa shape index (κ2) is 4.88. The molecule has 0 radical (unpaired) electrons. The van der Waals surface area contributed by atoms with Crippen molar-refractivity contribution in [2.24, 2.45) is 5.73 Å². The maximum absolute atomic E-state index is 12.9. The van der Waals surface area contributed by atoms with Crippen LogP contribution in [0.5, 0.6) is 0 Å². The molecule has 6 heteroatoms. The Morgan fingerprint density at radius 1 is 1.36 bits per heavy atom. The summed E-state index contributed by atoms with van der Waals surface area (Å²) in [7, 11) is 0. The van der Waals surface area contributed by atoms with Crippen molar-refractivity contribution in [3.63, 3.8) is 0 Å². The highest BCUT2D eigenvalue weighted by Crippen LogP contribution is 2.18. The van der Waals surface area contributed by atoms with Gasteiger partial charge in [-0.3, -0.25) is 4.79 Å². The summed E-state index contributed by atoms with van der Waals surface area (Å²) in [6.07, 6.45) is 0. The number of carboxylic acids is 1. The highest BCUT2D eigenvalue weighted by Gasteiger charge is 2.21. The Morgan fingerprint density at radius 2 is 1.79 bits per heavy atom. The lowest BCUT2D eigenvalue weighted by Crippen LogP contribution is -2.23. The fraction of sp³-hybridized carbons (Fsp3) is 0.125. The lowest BCUT2D eigenvalue weighted by Gasteiger charge is -2.08. The zero-order chi connectivity index (χ0) is 10.0. The van der Waals surface area contributed by atoms with Gasteiger partial charge in [0.15, 0.2) is 0 Å². The molecular weight excluding hydrogens is 216 g/mol. The first kappa shape index (κ1) is 12.8. The lowest BCUT2D eigenvalue weighted by atomic mass is 10.1. The molecule has 1 rings (SSSR count). The number of hydrogen-bond acceptors (Lipinski definition) is 2. The molecule has 0 aliphatic heterocycles. The zero-order valence-electron chi connectivity index (χ0n) is 6.91. The fourth-order valence-electron chi connectivity index (χ4n) is 0.931. The van der Waals surface area contributed by atoms with Crippen LogP contribution in [0.2, 0.25) is 0 Å². The van der Waals surface area contributed by atoms with Gasteiger partial charge in [0.05, 0.1) is 5.56 Å². The van der Waals surface area contributed by atoms with Crippen LogP contribution in [0, 0.1) is 11.6 Å². The molecule has 1 atom stereocenters. The number of hydrogen-bond donors (Lipinski definition) is 2. The largest absolute Gasteiger partial charge is 0.480 e. The predicted octanol–water partition coefficient (Wildman–Crippen LogP) is 1.47. The van der Waals surface area contributed by atoms with Crippen molar-refractivity contribution >= 4 is 18.4 Å². The number of halogens is 3. The van der Waals surface area contributed by atoms with Crippen molar-refractivity contribution in [2.75, 3.05) is 0 Å². The molecule has 0 amide bonds. The van der Waals surface area contributed by atoms with E-state index in [1.54, 1.807) is 0 Å². The molecule has 0 aliphatic carbocycles. The third kappa shape index (κ3) is 2.40. The molecule has 0 spiro atoms. The Balaban J connectivity index is 0.00000169. The van der Waals surface area contributed by atoms with Crippen LogP contribution in [0.15, 0.2) is 18.2 Å². The maximum Gasteiger partial charge on any atom is 0.325 e. The lowest BCUT2D eigenvalue weighted by molar-refractivity contribution is -0.138. The monoisotopic (exact) mass is 223 g/mol. The van der Waals surface area contributed by atoms with Gasteiger partial charge >= 0.3 is 5.97 Å². The average molecular weight is 224 g/mol. The molecule has 1 aromatic rings. The molecule has 0 heterocycles. The van der Waals surface area contributed by atoms with Gasteiger partial charge in [-0.25, -0.2) is 8.78 Å². The predicted molar refractivity (Wildman–Crippen MR) is 48.2 cm³/mol. The SMILES string of the molecule is Cl.N[C@H](C(=O)O)c1c(F)cccc1F. The van der Waals surface area contributed by atoms with Crippen LogP contribution in [0.25, 0.3) is 0 Å². The topological polar surface area (TPSA) is 63.3 Å². The Morgan fingerprint density at radius 3 is 2.14 bits per heavy atom. The summed E-state index contributed by atoms with van der Waals surface area (Å²) < 4.78 is 25.8. The molecule has 0 bridgehead atoms. The van der Waals surface area contributed by atoms with Gasteiger partial charge in [-0.1, -0.05) is 6.07 Å². The molecule has 3 nitrogen and oxygen atoms in total. The number of benzene rings is 1. The van der Waals surface area contributed by atoms with E-state index in [1.807, 2.05) is 0 Å². The third-order valence-electron chi connectivity index (χ3n) is 1.58. The second-order valence-corrected chi connectivity index (χ2v) is 2.45. The first-order valence-corrected chi connectivity index (χ1v) is 3.46. The number of aliphatic carboxylic acids is 1. The summed E-state index contributed by atoms with van der Waals surface area (Å²) in [5.74, 6) is -3.37. The highest BCUT2D eigenvalue weighted by molar-refractivity contribution is 5.85. The minimum Gasteiger partial charge on any atom is -0.480 e. The van der Waals surface area contributed by atoms with Crippen molar-refractivity contribution in [1.29, 1.82) is 0 Å². The molecule has 14 heavy (non-hydrogen) atoms. The van der Waals surface area contributed by atoms with Crippen molar-refractivity contribution in [1.82, 2.24) is 0 Å². The molecule has 0 fully saturated rings. The Kier molecular flexibility index (Phi) is 4.46. The van der Waals surface area contributed by atoms with Crippen molar-refractivity contribution in [3.8, 4) is 0 Å². The molecule has 3 N–H and O–H groups in total. The Labute approximate surface area is 84.9 Å².